The van der Waals surface area contributed by atoms with Gasteiger partial charge in [0.15, 0.2) is 0 Å². The maximum Gasteiger partial charge on any atom is 0.251 e. The Morgan fingerprint density at radius 3 is 2.12 bits per heavy atom. The molecule has 0 aromatic heterocycles. The number of terminal acetylenes is 1. The summed E-state index contributed by atoms with van der Waals surface area (Å²) in [5.74, 6) is 2.10. The van der Waals surface area contributed by atoms with Gasteiger partial charge in [-0.3, -0.25) is 33.6 Å². The number of phenolic OH excluding ortho intramolecular Hbond substituents is 1. The topological polar surface area (TPSA) is 355 Å². The molecule has 23 heteroatoms. The van der Waals surface area contributed by atoms with Crippen LogP contribution in [0.4, 0.5) is 0 Å². The molecule has 0 saturated carbocycles. The van der Waals surface area contributed by atoms with E-state index in [2.05, 4.69) is 61.7 Å². The van der Waals surface area contributed by atoms with Crippen molar-refractivity contribution in [2.24, 2.45) is 11.7 Å². The molecular formula is C54H63N9O14. The van der Waals surface area contributed by atoms with Crippen LogP contribution in [-0.2, 0) is 35.2 Å². The van der Waals surface area contributed by atoms with Crippen molar-refractivity contribution >= 4 is 41.4 Å². The van der Waals surface area contributed by atoms with Gasteiger partial charge in [0.25, 0.3) is 5.91 Å². The predicted molar refractivity (Wildman–Crippen MR) is 276 cm³/mol. The summed E-state index contributed by atoms with van der Waals surface area (Å²) in [6.45, 7) is 0.927. The molecule has 408 valence electrons. The first-order valence-corrected chi connectivity index (χ1v) is 24.8. The van der Waals surface area contributed by atoms with Crippen LogP contribution in [-0.4, -0.2) is 188 Å². The minimum Gasteiger partial charge on any atom is -0.508 e. The number of aliphatic hydroxyl groups is 5. The van der Waals surface area contributed by atoms with Crippen LogP contribution in [0.25, 0.3) is 11.1 Å². The number of nitrogens with one attached hydrogen (secondary N) is 6. The molecule has 3 aromatic rings. The van der Waals surface area contributed by atoms with E-state index in [1.54, 1.807) is 43.3 Å². The summed E-state index contributed by atoms with van der Waals surface area (Å²) in [6, 6.07) is 7.62. The van der Waals surface area contributed by atoms with Crippen LogP contribution in [0.15, 0.2) is 72.8 Å². The lowest BCUT2D eigenvalue weighted by molar-refractivity contribution is -0.146. The highest BCUT2D eigenvalue weighted by molar-refractivity contribution is 6.00. The normalized spacial score (nSPS) is 26.2. The smallest absolute Gasteiger partial charge is 0.251 e. The Morgan fingerprint density at radius 1 is 0.818 bits per heavy atom. The Kier molecular flexibility index (Phi) is 20.5. The minimum atomic E-state index is -1.92. The maximum atomic E-state index is 14.6. The molecule has 14 N–H and O–H groups in total. The molecule has 3 aliphatic heterocycles. The van der Waals surface area contributed by atoms with Crippen LogP contribution in [0.5, 0.6) is 11.5 Å². The van der Waals surface area contributed by atoms with E-state index in [1.165, 1.54) is 43.3 Å². The van der Waals surface area contributed by atoms with Crippen LogP contribution in [0, 0.1) is 42.1 Å². The number of hydrogen-bond acceptors (Lipinski definition) is 16. The van der Waals surface area contributed by atoms with Crippen molar-refractivity contribution in [1.82, 2.24) is 41.7 Å². The molecule has 3 fully saturated rings. The van der Waals surface area contributed by atoms with Crippen molar-refractivity contribution in [3.05, 3.63) is 83.9 Å². The molecule has 3 aliphatic rings. The number of aromatic hydroxyl groups is 1. The average molecular weight is 1060 g/mol. The highest BCUT2D eigenvalue weighted by atomic mass is 16.5. The molecule has 7 amide bonds. The Hall–Kier alpha value is -8.05. The van der Waals surface area contributed by atoms with Crippen molar-refractivity contribution in [1.29, 1.82) is 0 Å². The van der Waals surface area contributed by atoms with E-state index in [-0.39, 0.29) is 50.3 Å². The summed E-state index contributed by atoms with van der Waals surface area (Å²) >= 11 is 0. The van der Waals surface area contributed by atoms with E-state index in [0.29, 0.717) is 16.9 Å². The van der Waals surface area contributed by atoms with Gasteiger partial charge in [-0.25, -0.2) is 0 Å². The van der Waals surface area contributed by atoms with Gasteiger partial charge in [0, 0.05) is 74.9 Å². The lowest BCUT2D eigenvalue weighted by Gasteiger charge is -2.32. The number of phenols is 1. The minimum absolute atomic E-state index is 0.0747. The molecule has 6 rings (SSSR count). The van der Waals surface area contributed by atoms with E-state index < -0.39 is 134 Å². The first kappa shape index (κ1) is 58.2. The van der Waals surface area contributed by atoms with Crippen LogP contribution < -0.4 is 42.4 Å². The average Bonchev–Trinajstić information content (AvgIpc) is 3.97. The lowest BCUT2D eigenvalue weighted by atomic mass is 10.00. The molecule has 3 saturated heterocycles. The number of carbonyl (C=O) groups excluding carboxylic acids is 7. The monoisotopic (exact) mass is 1060 g/mol. The van der Waals surface area contributed by atoms with Crippen molar-refractivity contribution in [2.75, 3.05) is 39.3 Å². The predicted octanol–water partition coefficient (Wildman–Crippen LogP) is -3.83. The fourth-order valence-corrected chi connectivity index (χ4v) is 9.22. The number of carbonyl (C=O) groups is 7. The summed E-state index contributed by atoms with van der Waals surface area (Å²) in [5.41, 5.74) is 7.79. The molecule has 0 bridgehead atoms. The highest BCUT2D eigenvalue weighted by Crippen LogP contribution is 2.27. The third kappa shape index (κ3) is 15.1. The number of ether oxygens (including phenoxy) is 1. The number of hydrogen-bond donors (Lipinski definition) is 13. The summed E-state index contributed by atoms with van der Waals surface area (Å²) in [6.07, 6.45) is 0.272. The number of rotatable bonds is 12. The number of nitrogens with two attached hydrogens (primary N) is 1. The van der Waals surface area contributed by atoms with E-state index in [1.807, 2.05) is 0 Å². The standard InChI is InChI=1S/C54H63N9O14/c1-4-5-6-7-22-77-39-18-14-34(15-19-39)33-10-12-35(13-11-33)48(70)58-40-24-36(56-21-20-55)26-57-52(74)46-47(69)30(2)27-63(46)53(75)41(29-64)59-51(73)45(43(68)23-32-8-16-37(66)17-9-32)61-50(72)42-25-38(67)28-62(42)54(76)44(31(3)65)60-49(40)71/h1,8-19,30-31,36,38,40-47,56,64-69H,20-21,23-29,55H2,2-3H3,(H,57,74)(H,58,70)(H,59,73)(H,60,71)(H,61,72)/t30-,31+,36?,38+,40-,41-,42-,43+,44-,45-,46-,47-/m0/s1. The van der Waals surface area contributed by atoms with Gasteiger partial charge in [0.05, 0.1) is 31.0 Å². The quantitative estimate of drug-likeness (QED) is 0.0773. The third-order valence-corrected chi connectivity index (χ3v) is 13.3. The zero-order chi connectivity index (χ0) is 55.9. The number of fused-ring (bicyclic) bond motifs is 2. The van der Waals surface area contributed by atoms with Crippen LogP contribution in [0.3, 0.4) is 0 Å². The molecular weight excluding hydrogens is 999 g/mol. The van der Waals surface area contributed by atoms with Gasteiger partial charge in [0.2, 0.25) is 35.4 Å². The molecule has 12 atom stereocenters. The van der Waals surface area contributed by atoms with Crippen molar-refractivity contribution in [3.63, 3.8) is 0 Å². The summed E-state index contributed by atoms with van der Waals surface area (Å²) < 4.78 is 5.35. The van der Waals surface area contributed by atoms with Crippen LogP contribution in [0.2, 0.25) is 0 Å². The van der Waals surface area contributed by atoms with Crippen LogP contribution in [0.1, 0.15) is 42.6 Å². The first-order valence-electron chi connectivity index (χ1n) is 24.8. The Bertz CT molecular complexity index is 2780. The fourth-order valence-electron chi connectivity index (χ4n) is 9.22. The molecule has 1 unspecified atom stereocenters. The second-order valence-corrected chi connectivity index (χ2v) is 19.0. The molecule has 0 spiro atoms. The Morgan fingerprint density at radius 2 is 1.48 bits per heavy atom. The summed E-state index contributed by atoms with van der Waals surface area (Å²) in [4.78, 5) is 102. The van der Waals surface area contributed by atoms with Crippen molar-refractivity contribution in [3.8, 4) is 58.8 Å². The van der Waals surface area contributed by atoms with E-state index in [4.69, 9.17) is 16.9 Å². The molecule has 3 aromatic carbocycles. The van der Waals surface area contributed by atoms with Crippen LogP contribution >= 0.6 is 0 Å². The fraction of sp³-hybridized carbons (Fsp3) is 0.426. The molecule has 77 heavy (non-hydrogen) atoms. The maximum absolute atomic E-state index is 14.6. The number of benzene rings is 3. The van der Waals surface area contributed by atoms with Gasteiger partial charge in [-0.1, -0.05) is 43.3 Å². The zero-order valence-electron chi connectivity index (χ0n) is 42.2. The SMILES string of the molecule is C#CC#CC#COc1ccc(-c2ccc(C(=O)N[C@H]3CC(NCCN)CNC(=O)[C@@H]4[C@@H](O)[C@@H](C)CN4C(=O)[C@H](CO)NC(=O)[C@H]([C@H](O)Cc4ccc(O)cc4)NC(=O)[C@@H]4C[C@@H](O)CN4C(=O)[C@H]([C@@H](C)O)NC3=O)cc2)cc1. The molecule has 0 radical (unpaired) electrons. The first-order chi connectivity index (χ1) is 36.8. The van der Waals surface area contributed by atoms with E-state index in [9.17, 15) is 64.2 Å². The molecule has 0 aliphatic carbocycles. The molecule has 3 heterocycles. The second kappa shape index (κ2) is 27.1. The summed E-state index contributed by atoms with van der Waals surface area (Å²) in [7, 11) is 0. The zero-order valence-corrected chi connectivity index (χ0v) is 42.2. The second-order valence-electron chi connectivity index (χ2n) is 19.0. The van der Waals surface area contributed by atoms with Gasteiger partial charge in [-0.05, 0) is 78.3 Å². The molecule has 23 nitrogen and oxygen atoms in total. The largest absolute Gasteiger partial charge is 0.508 e. The van der Waals surface area contributed by atoms with Gasteiger partial charge in [0.1, 0.15) is 53.9 Å². The van der Waals surface area contributed by atoms with Crippen molar-refractivity contribution < 1.29 is 68.9 Å². The van der Waals surface area contributed by atoms with Crippen molar-refractivity contribution in [2.45, 2.75) is 99.8 Å². The number of amides is 7. The Labute approximate surface area is 444 Å². The van der Waals surface area contributed by atoms with E-state index in [0.717, 1.165) is 15.4 Å². The number of nitrogens with zero attached hydrogens (tertiary/aromatic N) is 2. The van der Waals surface area contributed by atoms with E-state index >= 15 is 0 Å². The summed E-state index contributed by atoms with van der Waals surface area (Å²) in [5, 5.41) is 81.1. The third-order valence-electron chi connectivity index (χ3n) is 13.3. The van der Waals surface area contributed by atoms with Gasteiger partial charge < -0.3 is 82.8 Å². The number of aliphatic hydroxyl groups excluding tert-OH is 5. The highest BCUT2D eigenvalue weighted by Gasteiger charge is 2.48. The van der Waals surface area contributed by atoms with Gasteiger partial charge in [-0.15, -0.1) is 6.42 Å². The van der Waals surface area contributed by atoms with Gasteiger partial charge in [-0.2, -0.15) is 0 Å². The lowest BCUT2D eigenvalue weighted by Crippen LogP contribution is -2.63. The van der Waals surface area contributed by atoms with Gasteiger partial charge >= 0.3 is 0 Å². The Balaban J connectivity index is 1.34.